The van der Waals surface area contributed by atoms with Crippen molar-refractivity contribution in [2.45, 2.75) is 13.5 Å². The number of carbonyl (C=O) groups is 2. The molecule has 0 aliphatic carbocycles. The summed E-state index contributed by atoms with van der Waals surface area (Å²) in [5.41, 5.74) is 1.17. The lowest BCUT2D eigenvalue weighted by molar-refractivity contribution is -0.917. The Balaban J connectivity index is 1.28. The number of rotatable bonds is 3. The number of aromatic nitrogens is 2. The predicted molar refractivity (Wildman–Crippen MR) is 96.8 cm³/mol. The van der Waals surface area contributed by atoms with Crippen molar-refractivity contribution >= 4 is 28.3 Å². The van der Waals surface area contributed by atoms with Crippen LogP contribution >= 0.6 is 11.3 Å². The van der Waals surface area contributed by atoms with Gasteiger partial charge in [0.2, 0.25) is 11.9 Å². The minimum absolute atomic E-state index is 0.269. The highest BCUT2D eigenvalue weighted by molar-refractivity contribution is 7.15. The monoisotopic (exact) mass is 390 g/mol. The first-order valence-electron chi connectivity index (χ1n) is 8.71. The second-order valence-corrected chi connectivity index (χ2v) is 7.67. The lowest BCUT2D eigenvalue weighted by atomic mass is 10.1. The smallest absolute Gasteiger partial charge is 0.315 e. The molecule has 2 aliphatic heterocycles. The van der Waals surface area contributed by atoms with E-state index in [0.717, 1.165) is 36.1 Å². The summed E-state index contributed by atoms with van der Waals surface area (Å²) in [4.78, 5) is 27.4. The fraction of sp³-hybridized carbons (Fsp3) is 0.412. The highest BCUT2D eigenvalue weighted by Crippen LogP contribution is 2.32. The first kappa shape index (κ1) is 17.7. The van der Waals surface area contributed by atoms with Gasteiger partial charge in [-0.1, -0.05) is 11.3 Å². The van der Waals surface area contributed by atoms with E-state index in [2.05, 4.69) is 15.5 Å². The molecule has 1 aromatic carbocycles. The molecular weight excluding hydrogens is 370 g/mol. The van der Waals surface area contributed by atoms with Crippen molar-refractivity contribution in [1.82, 2.24) is 15.1 Å². The van der Waals surface area contributed by atoms with E-state index in [4.69, 9.17) is 9.47 Å². The Bertz CT molecular complexity index is 863. The van der Waals surface area contributed by atoms with Gasteiger partial charge in [0, 0.05) is 5.56 Å². The lowest BCUT2D eigenvalue weighted by Crippen LogP contribution is -3.13. The molecule has 1 fully saturated rings. The number of hydrogen-bond donors (Lipinski definition) is 2. The molecule has 0 saturated carbocycles. The third kappa shape index (κ3) is 4.01. The Morgan fingerprint density at radius 3 is 2.74 bits per heavy atom. The van der Waals surface area contributed by atoms with Crippen molar-refractivity contribution in [1.29, 1.82) is 0 Å². The van der Waals surface area contributed by atoms with Crippen LogP contribution in [-0.4, -0.2) is 59.9 Å². The van der Waals surface area contributed by atoms with Crippen molar-refractivity contribution in [2.24, 2.45) is 0 Å². The van der Waals surface area contributed by atoms with Gasteiger partial charge in [-0.05, 0) is 25.1 Å². The van der Waals surface area contributed by atoms with Crippen molar-refractivity contribution in [3.63, 3.8) is 0 Å². The summed E-state index contributed by atoms with van der Waals surface area (Å²) in [5.74, 6) is 0.375. The number of fused-ring (bicyclic) bond motifs is 1. The van der Waals surface area contributed by atoms with E-state index in [9.17, 15) is 9.59 Å². The molecule has 27 heavy (non-hydrogen) atoms. The Kier molecular flexibility index (Phi) is 4.90. The maximum absolute atomic E-state index is 12.3. The molecule has 2 aromatic rings. The third-order valence-electron chi connectivity index (χ3n) is 4.59. The standard InChI is InChI=1S/C17H19N5O4S/c1-11-19-20-17(27-11)18-15(23)16(24)22-6-4-21(5-7-22)9-12-2-3-13-14(8-12)26-10-25-13/h2-3,8H,4-7,9-10H2,1H3,(H,18,20,23)/p+1. The molecule has 0 radical (unpaired) electrons. The molecule has 0 atom stereocenters. The number of benzene rings is 1. The third-order valence-corrected chi connectivity index (χ3v) is 5.34. The summed E-state index contributed by atoms with van der Waals surface area (Å²) >= 11 is 1.24. The molecule has 3 heterocycles. The van der Waals surface area contributed by atoms with E-state index in [1.807, 2.05) is 18.2 Å². The molecule has 10 heteroatoms. The maximum Gasteiger partial charge on any atom is 0.315 e. The van der Waals surface area contributed by atoms with Gasteiger partial charge in [-0.25, -0.2) is 0 Å². The van der Waals surface area contributed by atoms with Gasteiger partial charge in [-0.3, -0.25) is 14.9 Å². The Labute approximate surface area is 159 Å². The average Bonchev–Trinajstić information content (AvgIpc) is 3.30. The fourth-order valence-electron chi connectivity index (χ4n) is 3.18. The van der Waals surface area contributed by atoms with E-state index >= 15 is 0 Å². The number of quaternary nitrogens is 1. The molecular formula is C17H20N5O4S+. The Morgan fingerprint density at radius 1 is 1.22 bits per heavy atom. The van der Waals surface area contributed by atoms with Gasteiger partial charge in [0.15, 0.2) is 11.5 Å². The summed E-state index contributed by atoms with van der Waals surface area (Å²) < 4.78 is 10.7. The second kappa shape index (κ2) is 7.49. The van der Waals surface area contributed by atoms with Crippen LogP contribution in [0, 0.1) is 6.92 Å². The molecule has 0 spiro atoms. The van der Waals surface area contributed by atoms with Crippen LogP contribution < -0.4 is 19.7 Å². The van der Waals surface area contributed by atoms with Gasteiger partial charge >= 0.3 is 11.8 Å². The van der Waals surface area contributed by atoms with Gasteiger partial charge < -0.3 is 19.3 Å². The quantitative estimate of drug-likeness (QED) is 0.682. The molecule has 1 saturated heterocycles. The molecule has 2 N–H and O–H groups in total. The topological polar surface area (TPSA) is 98.1 Å². The van der Waals surface area contributed by atoms with Crippen LogP contribution in [0.3, 0.4) is 0 Å². The van der Waals surface area contributed by atoms with E-state index in [0.29, 0.717) is 18.2 Å². The van der Waals surface area contributed by atoms with Crippen LogP contribution in [0.1, 0.15) is 10.6 Å². The number of aryl methyl sites for hydroxylation is 1. The van der Waals surface area contributed by atoms with Gasteiger partial charge in [-0.15, -0.1) is 10.2 Å². The van der Waals surface area contributed by atoms with E-state index in [-0.39, 0.29) is 6.79 Å². The average molecular weight is 390 g/mol. The molecule has 2 amide bonds. The first-order valence-corrected chi connectivity index (χ1v) is 9.52. The zero-order valence-electron chi connectivity index (χ0n) is 14.9. The van der Waals surface area contributed by atoms with Crippen molar-refractivity contribution in [2.75, 3.05) is 38.3 Å². The van der Waals surface area contributed by atoms with Gasteiger partial charge in [-0.2, -0.15) is 0 Å². The minimum Gasteiger partial charge on any atom is -0.454 e. The van der Waals surface area contributed by atoms with Crippen molar-refractivity contribution in [3.05, 3.63) is 28.8 Å². The summed E-state index contributed by atoms with van der Waals surface area (Å²) in [6.07, 6.45) is 0. The number of nitrogens with zero attached hydrogens (tertiary/aromatic N) is 3. The SMILES string of the molecule is Cc1nnc(NC(=O)C(=O)N2CC[NH+](Cc3ccc4c(c3)OCO4)CC2)s1. The van der Waals surface area contributed by atoms with Crippen molar-refractivity contribution in [3.8, 4) is 11.5 Å². The highest BCUT2D eigenvalue weighted by atomic mass is 32.1. The number of nitrogens with one attached hydrogen (secondary N) is 2. The van der Waals surface area contributed by atoms with Gasteiger partial charge in [0.05, 0.1) is 26.2 Å². The number of hydrogen-bond acceptors (Lipinski definition) is 7. The molecule has 1 aromatic heterocycles. The lowest BCUT2D eigenvalue weighted by Gasteiger charge is -2.31. The molecule has 142 valence electrons. The zero-order valence-corrected chi connectivity index (χ0v) is 15.7. The number of ether oxygens (including phenoxy) is 2. The van der Waals surface area contributed by atoms with Crippen LogP contribution in [0.15, 0.2) is 18.2 Å². The summed E-state index contributed by atoms with van der Waals surface area (Å²) in [6, 6.07) is 5.97. The molecule has 0 unspecified atom stereocenters. The largest absolute Gasteiger partial charge is 0.454 e. The maximum atomic E-state index is 12.3. The van der Waals surface area contributed by atoms with Crippen LogP contribution in [0.5, 0.6) is 11.5 Å². The van der Waals surface area contributed by atoms with E-state index in [1.54, 1.807) is 11.8 Å². The predicted octanol–water partition coefficient (Wildman–Crippen LogP) is -0.559. The molecule has 2 aliphatic rings. The Morgan fingerprint density at radius 2 is 2.00 bits per heavy atom. The van der Waals surface area contributed by atoms with Crippen LogP contribution in [0.25, 0.3) is 0 Å². The molecule has 0 bridgehead atoms. The molecule has 4 rings (SSSR count). The summed E-state index contributed by atoms with van der Waals surface area (Å²) in [6.45, 7) is 5.55. The van der Waals surface area contributed by atoms with Crippen LogP contribution in [0.2, 0.25) is 0 Å². The highest BCUT2D eigenvalue weighted by Gasteiger charge is 2.28. The van der Waals surface area contributed by atoms with Crippen LogP contribution in [0.4, 0.5) is 5.13 Å². The van der Waals surface area contributed by atoms with Gasteiger partial charge in [0.25, 0.3) is 0 Å². The van der Waals surface area contributed by atoms with E-state index < -0.39 is 11.8 Å². The van der Waals surface area contributed by atoms with Gasteiger partial charge in [0.1, 0.15) is 11.6 Å². The number of piperazine rings is 1. The molecule has 9 nitrogen and oxygen atoms in total. The van der Waals surface area contributed by atoms with Crippen LogP contribution in [-0.2, 0) is 16.1 Å². The Hall–Kier alpha value is -2.72. The summed E-state index contributed by atoms with van der Waals surface area (Å²) in [5, 5.41) is 11.2. The second-order valence-electron chi connectivity index (χ2n) is 6.49. The summed E-state index contributed by atoms with van der Waals surface area (Å²) in [7, 11) is 0. The normalized spacial score (nSPS) is 16.4. The fourth-order valence-corrected chi connectivity index (χ4v) is 3.77. The number of anilines is 1. The van der Waals surface area contributed by atoms with E-state index in [1.165, 1.54) is 21.8 Å². The zero-order chi connectivity index (χ0) is 18.8. The number of amides is 2. The number of carbonyl (C=O) groups excluding carboxylic acids is 2. The first-order chi connectivity index (χ1) is 13.1. The van der Waals surface area contributed by atoms with Crippen molar-refractivity contribution < 1.29 is 24.0 Å². The minimum atomic E-state index is -0.662.